The summed E-state index contributed by atoms with van der Waals surface area (Å²) in [5, 5.41) is 4.64. The van der Waals surface area contributed by atoms with Gasteiger partial charge >= 0.3 is 0 Å². The van der Waals surface area contributed by atoms with Crippen LogP contribution in [-0.4, -0.2) is 6.34 Å². The van der Waals surface area contributed by atoms with Crippen LogP contribution in [0.25, 0.3) is 0 Å². The highest BCUT2D eigenvalue weighted by Crippen LogP contribution is 2.16. The lowest BCUT2D eigenvalue weighted by atomic mass is 10.3. The molecular formula is C7H9BrN4. The van der Waals surface area contributed by atoms with Crippen molar-refractivity contribution in [2.24, 2.45) is 16.8 Å². The van der Waals surface area contributed by atoms with Crippen molar-refractivity contribution >= 4 is 28.0 Å². The second kappa shape index (κ2) is 4.08. The topological polar surface area (TPSA) is 67.6 Å². The number of benzene rings is 1. The maximum Gasteiger partial charge on any atom is 0.129 e. The number of anilines is 1. The summed E-state index contributed by atoms with van der Waals surface area (Å²) in [6, 6.07) is 7.51. The summed E-state index contributed by atoms with van der Waals surface area (Å²) in [6.07, 6.45) is 1.34. The molecule has 12 heavy (non-hydrogen) atoms. The van der Waals surface area contributed by atoms with Gasteiger partial charge < -0.3 is 5.84 Å². The third-order valence-corrected chi connectivity index (χ3v) is 1.79. The maximum atomic E-state index is 5.56. The second-order valence-corrected chi connectivity index (χ2v) is 3.07. The van der Waals surface area contributed by atoms with Gasteiger partial charge in [0.15, 0.2) is 0 Å². The summed E-state index contributed by atoms with van der Waals surface area (Å²) in [5.74, 6) is 10.5. The Bertz CT molecular complexity index is 286. The SMILES string of the molecule is N/N=C\N(N)c1cccc(Br)c1. The lowest BCUT2D eigenvalue weighted by Gasteiger charge is -2.11. The molecule has 0 atom stereocenters. The Kier molecular flexibility index (Phi) is 3.07. The molecule has 0 aliphatic heterocycles. The zero-order valence-electron chi connectivity index (χ0n) is 6.31. The predicted octanol–water partition coefficient (Wildman–Crippen LogP) is 1.03. The number of rotatable bonds is 2. The third-order valence-electron chi connectivity index (χ3n) is 1.30. The summed E-state index contributed by atoms with van der Waals surface area (Å²) in [7, 11) is 0. The summed E-state index contributed by atoms with van der Waals surface area (Å²) >= 11 is 3.32. The van der Waals surface area contributed by atoms with Crippen LogP contribution in [0.4, 0.5) is 5.69 Å². The number of hydrazine groups is 1. The Morgan fingerprint density at radius 2 is 2.25 bits per heavy atom. The Labute approximate surface area is 78.9 Å². The molecule has 0 aromatic heterocycles. The summed E-state index contributed by atoms with van der Waals surface area (Å²) < 4.78 is 0.959. The Balaban J connectivity index is 2.87. The molecule has 0 saturated heterocycles. The van der Waals surface area contributed by atoms with Gasteiger partial charge in [0, 0.05) is 4.47 Å². The summed E-state index contributed by atoms with van der Waals surface area (Å²) in [4.78, 5) is 0. The molecule has 0 aliphatic rings. The first-order valence-corrected chi connectivity index (χ1v) is 4.06. The normalized spacial score (nSPS) is 10.5. The molecule has 0 aliphatic carbocycles. The number of nitrogens with two attached hydrogens (primary N) is 2. The minimum absolute atomic E-state index is 0.818. The van der Waals surface area contributed by atoms with E-state index < -0.39 is 0 Å². The molecule has 0 saturated carbocycles. The molecule has 0 radical (unpaired) electrons. The van der Waals surface area contributed by atoms with E-state index >= 15 is 0 Å². The molecule has 4 N–H and O–H groups in total. The molecule has 1 aromatic rings. The number of hydrogen-bond acceptors (Lipinski definition) is 3. The van der Waals surface area contributed by atoms with Gasteiger partial charge in [0.2, 0.25) is 0 Å². The van der Waals surface area contributed by atoms with E-state index in [1.807, 2.05) is 24.3 Å². The van der Waals surface area contributed by atoms with Crippen molar-refractivity contribution in [2.45, 2.75) is 0 Å². The van der Waals surface area contributed by atoms with Crippen LogP contribution in [0.3, 0.4) is 0 Å². The van der Waals surface area contributed by atoms with Crippen molar-refractivity contribution in [3.63, 3.8) is 0 Å². The molecule has 64 valence electrons. The van der Waals surface area contributed by atoms with Gasteiger partial charge in [0.05, 0.1) is 5.69 Å². The molecule has 0 amide bonds. The van der Waals surface area contributed by atoms with Gasteiger partial charge in [-0.05, 0) is 18.2 Å². The number of hydrazone groups is 1. The first kappa shape index (κ1) is 9.02. The van der Waals surface area contributed by atoms with Gasteiger partial charge in [-0.25, -0.2) is 5.84 Å². The zero-order valence-corrected chi connectivity index (χ0v) is 7.90. The van der Waals surface area contributed by atoms with Gasteiger partial charge in [-0.15, -0.1) is 0 Å². The Morgan fingerprint density at radius 1 is 1.50 bits per heavy atom. The molecule has 0 heterocycles. The van der Waals surface area contributed by atoms with Crippen molar-refractivity contribution in [2.75, 3.05) is 5.01 Å². The number of hydrogen-bond donors (Lipinski definition) is 2. The Morgan fingerprint density at radius 3 is 2.83 bits per heavy atom. The second-order valence-electron chi connectivity index (χ2n) is 2.15. The fraction of sp³-hybridized carbons (Fsp3) is 0. The van der Waals surface area contributed by atoms with Crippen molar-refractivity contribution in [1.29, 1.82) is 0 Å². The van der Waals surface area contributed by atoms with Crippen molar-refractivity contribution in [3.8, 4) is 0 Å². The van der Waals surface area contributed by atoms with Crippen LogP contribution < -0.4 is 16.7 Å². The first-order chi connectivity index (χ1) is 5.74. The fourth-order valence-corrected chi connectivity index (χ4v) is 1.16. The van der Waals surface area contributed by atoms with Gasteiger partial charge in [0.1, 0.15) is 6.34 Å². The van der Waals surface area contributed by atoms with E-state index in [1.165, 1.54) is 11.3 Å². The van der Waals surface area contributed by atoms with Crippen LogP contribution in [0, 0.1) is 0 Å². The molecule has 0 unspecified atom stereocenters. The van der Waals surface area contributed by atoms with Gasteiger partial charge in [-0.1, -0.05) is 22.0 Å². The van der Waals surface area contributed by atoms with E-state index in [4.69, 9.17) is 11.7 Å². The van der Waals surface area contributed by atoms with Crippen LogP contribution in [-0.2, 0) is 0 Å². The highest BCUT2D eigenvalue weighted by atomic mass is 79.9. The molecule has 0 fully saturated rings. The van der Waals surface area contributed by atoms with E-state index in [0.29, 0.717) is 0 Å². The van der Waals surface area contributed by atoms with Crippen LogP contribution in [0.2, 0.25) is 0 Å². The molecule has 4 nitrogen and oxygen atoms in total. The average Bonchev–Trinajstić information content (AvgIpc) is 2.05. The third kappa shape index (κ3) is 2.21. The highest BCUT2D eigenvalue weighted by Gasteiger charge is 1.97. The van der Waals surface area contributed by atoms with E-state index in [9.17, 15) is 0 Å². The van der Waals surface area contributed by atoms with Gasteiger partial charge in [-0.3, -0.25) is 5.01 Å². The van der Waals surface area contributed by atoms with Crippen LogP contribution in [0.15, 0.2) is 33.8 Å². The van der Waals surface area contributed by atoms with Gasteiger partial charge in [-0.2, -0.15) is 5.10 Å². The molecule has 1 rings (SSSR count). The molecule has 0 spiro atoms. The minimum atomic E-state index is 0.818. The van der Waals surface area contributed by atoms with Crippen LogP contribution in [0.5, 0.6) is 0 Å². The smallest absolute Gasteiger partial charge is 0.129 e. The van der Waals surface area contributed by atoms with Crippen LogP contribution in [0.1, 0.15) is 0 Å². The molecule has 0 bridgehead atoms. The van der Waals surface area contributed by atoms with Gasteiger partial charge in [0.25, 0.3) is 0 Å². The monoisotopic (exact) mass is 228 g/mol. The average molecular weight is 229 g/mol. The number of halogens is 1. The first-order valence-electron chi connectivity index (χ1n) is 3.27. The minimum Gasteiger partial charge on any atom is -0.322 e. The predicted molar refractivity (Wildman–Crippen MR) is 53.5 cm³/mol. The lowest BCUT2D eigenvalue weighted by Crippen LogP contribution is -2.29. The molecule has 1 aromatic carbocycles. The standard InChI is InChI=1S/C7H9BrN4/c8-6-2-1-3-7(4-6)12(10)5-11-9/h1-5H,9-10H2/b11-5-. The molecular weight excluding hydrogens is 220 g/mol. The van der Waals surface area contributed by atoms with Crippen molar-refractivity contribution in [1.82, 2.24) is 0 Å². The quantitative estimate of drug-likeness (QED) is 0.344. The zero-order chi connectivity index (χ0) is 8.97. The number of nitrogens with zero attached hydrogens (tertiary/aromatic N) is 2. The highest BCUT2D eigenvalue weighted by molar-refractivity contribution is 9.10. The largest absolute Gasteiger partial charge is 0.322 e. The van der Waals surface area contributed by atoms with E-state index in [0.717, 1.165) is 10.2 Å². The fourth-order valence-electron chi connectivity index (χ4n) is 0.775. The van der Waals surface area contributed by atoms with Crippen molar-refractivity contribution in [3.05, 3.63) is 28.7 Å². The van der Waals surface area contributed by atoms with Crippen molar-refractivity contribution < 1.29 is 0 Å². The Hall–Kier alpha value is -1.07. The summed E-state index contributed by atoms with van der Waals surface area (Å²) in [6.45, 7) is 0. The summed E-state index contributed by atoms with van der Waals surface area (Å²) in [5.41, 5.74) is 0.818. The maximum absolute atomic E-state index is 5.56. The van der Waals surface area contributed by atoms with E-state index in [1.54, 1.807) is 0 Å². The van der Waals surface area contributed by atoms with Crippen LogP contribution >= 0.6 is 15.9 Å². The van der Waals surface area contributed by atoms with E-state index in [-0.39, 0.29) is 0 Å². The molecule has 5 heteroatoms. The lowest BCUT2D eigenvalue weighted by molar-refractivity contribution is 1.12. The van der Waals surface area contributed by atoms with E-state index in [2.05, 4.69) is 21.0 Å².